The highest BCUT2D eigenvalue weighted by Crippen LogP contribution is 2.35. The van der Waals surface area contributed by atoms with Crippen LogP contribution in [0.5, 0.6) is 0 Å². The summed E-state index contributed by atoms with van der Waals surface area (Å²) in [6.45, 7) is 2.69. The number of halogens is 1. The van der Waals surface area contributed by atoms with Gasteiger partial charge in [-0.25, -0.2) is 0 Å². The Morgan fingerprint density at radius 3 is 2.90 bits per heavy atom. The predicted octanol–water partition coefficient (Wildman–Crippen LogP) is 4.39. The third kappa shape index (κ3) is 3.29. The van der Waals surface area contributed by atoms with Gasteiger partial charge < -0.3 is 9.84 Å². The van der Waals surface area contributed by atoms with E-state index in [0.717, 1.165) is 17.5 Å². The van der Waals surface area contributed by atoms with Gasteiger partial charge in [0.05, 0.1) is 18.8 Å². The summed E-state index contributed by atoms with van der Waals surface area (Å²) < 4.78 is 5.86. The van der Waals surface area contributed by atoms with Crippen molar-refractivity contribution in [3.8, 4) is 0 Å². The van der Waals surface area contributed by atoms with Gasteiger partial charge in [-0.1, -0.05) is 41.9 Å². The van der Waals surface area contributed by atoms with Crippen molar-refractivity contribution in [1.82, 2.24) is 0 Å². The molecule has 1 aliphatic heterocycles. The first kappa shape index (κ1) is 14.6. The van der Waals surface area contributed by atoms with E-state index in [4.69, 9.17) is 16.3 Å². The van der Waals surface area contributed by atoms with Crippen LogP contribution in [-0.2, 0) is 11.2 Å². The molecule has 3 heteroatoms. The Kier molecular flexibility index (Phi) is 4.29. The van der Waals surface area contributed by atoms with E-state index in [1.54, 1.807) is 0 Å². The van der Waals surface area contributed by atoms with E-state index in [1.165, 1.54) is 11.1 Å². The van der Waals surface area contributed by atoms with Crippen LogP contribution in [0.3, 0.4) is 0 Å². The van der Waals surface area contributed by atoms with Crippen LogP contribution >= 0.6 is 11.6 Å². The lowest BCUT2D eigenvalue weighted by molar-refractivity contribution is 0.00376. The van der Waals surface area contributed by atoms with Gasteiger partial charge in [0.1, 0.15) is 0 Å². The standard InChI is InChI=1S/C18H19ClO2/c1-12-8-14(10-15(19)9-12)17(20)11-18-16-5-3-2-4-13(16)6-7-21-18/h2-5,8-10,17-18,20H,6-7,11H2,1H3. The maximum absolute atomic E-state index is 10.5. The molecule has 1 aliphatic rings. The fraction of sp³-hybridized carbons (Fsp3) is 0.333. The van der Waals surface area contributed by atoms with Crippen molar-refractivity contribution < 1.29 is 9.84 Å². The highest BCUT2D eigenvalue weighted by atomic mass is 35.5. The van der Waals surface area contributed by atoms with Crippen molar-refractivity contribution >= 4 is 11.6 Å². The summed E-state index contributed by atoms with van der Waals surface area (Å²) >= 11 is 6.08. The summed E-state index contributed by atoms with van der Waals surface area (Å²) in [5.41, 5.74) is 4.43. The van der Waals surface area contributed by atoms with Crippen LogP contribution in [0, 0.1) is 6.92 Å². The minimum absolute atomic E-state index is 0.0516. The van der Waals surface area contributed by atoms with Crippen LogP contribution in [0.2, 0.25) is 5.02 Å². The van der Waals surface area contributed by atoms with E-state index in [2.05, 4.69) is 18.2 Å². The zero-order valence-electron chi connectivity index (χ0n) is 12.1. The quantitative estimate of drug-likeness (QED) is 0.911. The van der Waals surface area contributed by atoms with Gasteiger partial charge in [0, 0.05) is 11.4 Å². The van der Waals surface area contributed by atoms with Crippen molar-refractivity contribution in [3.05, 3.63) is 69.7 Å². The second-order valence-electron chi connectivity index (χ2n) is 5.62. The number of rotatable bonds is 3. The lowest BCUT2D eigenvalue weighted by Gasteiger charge is -2.28. The second kappa shape index (κ2) is 6.18. The SMILES string of the molecule is Cc1cc(Cl)cc(C(O)CC2OCCc3ccccc32)c1. The van der Waals surface area contributed by atoms with Gasteiger partial charge in [0.25, 0.3) is 0 Å². The number of aliphatic hydroxyl groups is 1. The third-order valence-electron chi connectivity index (χ3n) is 3.98. The zero-order valence-corrected chi connectivity index (χ0v) is 12.8. The number of ether oxygens (including phenoxy) is 1. The van der Waals surface area contributed by atoms with Crippen molar-refractivity contribution in [2.45, 2.75) is 32.0 Å². The van der Waals surface area contributed by atoms with Crippen LogP contribution < -0.4 is 0 Å². The van der Waals surface area contributed by atoms with Gasteiger partial charge in [-0.3, -0.25) is 0 Å². The summed E-state index contributed by atoms with van der Waals surface area (Å²) in [7, 11) is 0. The van der Waals surface area contributed by atoms with E-state index in [0.29, 0.717) is 18.1 Å². The molecule has 2 aromatic carbocycles. The van der Waals surface area contributed by atoms with Gasteiger partial charge in [-0.2, -0.15) is 0 Å². The summed E-state index contributed by atoms with van der Waals surface area (Å²) in [4.78, 5) is 0. The molecule has 0 radical (unpaired) electrons. The maximum atomic E-state index is 10.5. The second-order valence-corrected chi connectivity index (χ2v) is 6.06. The number of hydrogen-bond donors (Lipinski definition) is 1. The predicted molar refractivity (Wildman–Crippen MR) is 84.6 cm³/mol. The fourth-order valence-corrected chi connectivity index (χ4v) is 3.27. The van der Waals surface area contributed by atoms with Crippen molar-refractivity contribution in [3.63, 3.8) is 0 Å². The minimum atomic E-state index is -0.571. The molecule has 0 saturated heterocycles. The number of benzene rings is 2. The molecular weight excluding hydrogens is 284 g/mol. The van der Waals surface area contributed by atoms with Crippen LogP contribution in [0.1, 0.15) is 40.9 Å². The Hall–Kier alpha value is -1.35. The number of hydrogen-bond acceptors (Lipinski definition) is 2. The Morgan fingerprint density at radius 2 is 2.10 bits per heavy atom. The third-order valence-corrected chi connectivity index (χ3v) is 4.20. The average Bonchev–Trinajstić information content (AvgIpc) is 2.46. The first-order chi connectivity index (χ1) is 10.1. The molecule has 110 valence electrons. The molecule has 0 amide bonds. The fourth-order valence-electron chi connectivity index (χ4n) is 2.97. The van der Waals surface area contributed by atoms with Crippen molar-refractivity contribution in [1.29, 1.82) is 0 Å². The monoisotopic (exact) mass is 302 g/mol. The number of aryl methyl sites for hydroxylation is 1. The van der Waals surface area contributed by atoms with Gasteiger partial charge in [-0.15, -0.1) is 0 Å². The summed E-state index contributed by atoms with van der Waals surface area (Å²) in [5, 5.41) is 11.2. The molecule has 0 fully saturated rings. The largest absolute Gasteiger partial charge is 0.388 e. The van der Waals surface area contributed by atoms with Crippen molar-refractivity contribution in [2.24, 2.45) is 0 Å². The van der Waals surface area contributed by atoms with Gasteiger partial charge in [0.2, 0.25) is 0 Å². The van der Waals surface area contributed by atoms with Crippen LogP contribution in [0.4, 0.5) is 0 Å². The Labute approximate surface area is 130 Å². The molecule has 21 heavy (non-hydrogen) atoms. The van der Waals surface area contributed by atoms with Gasteiger partial charge in [-0.05, 0) is 47.7 Å². The average molecular weight is 303 g/mol. The Morgan fingerprint density at radius 1 is 1.29 bits per heavy atom. The van der Waals surface area contributed by atoms with E-state index in [9.17, 15) is 5.11 Å². The van der Waals surface area contributed by atoms with E-state index in [1.807, 2.05) is 31.2 Å². The van der Waals surface area contributed by atoms with E-state index in [-0.39, 0.29) is 6.10 Å². The molecule has 0 bridgehead atoms. The molecule has 2 unspecified atom stereocenters. The van der Waals surface area contributed by atoms with Gasteiger partial charge >= 0.3 is 0 Å². The lowest BCUT2D eigenvalue weighted by atomic mass is 9.92. The van der Waals surface area contributed by atoms with Crippen LogP contribution in [0.25, 0.3) is 0 Å². The minimum Gasteiger partial charge on any atom is -0.388 e. The summed E-state index contributed by atoms with van der Waals surface area (Å²) in [5.74, 6) is 0. The van der Waals surface area contributed by atoms with Crippen molar-refractivity contribution in [2.75, 3.05) is 6.61 Å². The molecule has 2 aromatic rings. The first-order valence-electron chi connectivity index (χ1n) is 7.28. The molecular formula is C18H19ClO2. The number of aliphatic hydroxyl groups excluding tert-OH is 1. The molecule has 0 aromatic heterocycles. The molecule has 0 aliphatic carbocycles. The van der Waals surface area contributed by atoms with Crippen LogP contribution in [0.15, 0.2) is 42.5 Å². The molecule has 2 nitrogen and oxygen atoms in total. The number of fused-ring (bicyclic) bond motifs is 1. The topological polar surface area (TPSA) is 29.5 Å². The normalized spacial score (nSPS) is 19.1. The highest BCUT2D eigenvalue weighted by Gasteiger charge is 2.24. The molecule has 0 saturated carbocycles. The smallest absolute Gasteiger partial charge is 0.0855 e. The molecule has 0 spiro atoms. The summed E-state index contributed by atoms with van der Waals surface area (Å²) in [6, 6.07) is 14.0. The van der Waals surface area contributed by atoms with Crippen LogP contribution in [-0.4, -0.2) is 11.7 Å². The molecule has 2 atom stereocenters. The summed E-state index contributed by atoms with van der Waals surface area (Å²) in [6.07, 6.45) is 0.873. The Bertz CT molecular complexity index is 619. The van der Waals surface area contributed by atoms with E-state index >= 15 is 0 Å². The highest BCUT2D eigenvalue weighted by molar-refractivity contribution is 6.30. The molecule has 1 N–H and O–H groups in total. The zero-order chi connectivity index (χ0) is 14.8. The maximum Gasteiger partial charge on any atom is 0.0855 e. The van der Waals surface area contributed by atoms with E-state index < -0.39 is 6.10 Å². The molecule has 1 heterocycles. The first-order valence-corrected chi connectivity index (χ1v) is 7.66. The lowest BCUT2D eigenvalue weighted by Crippen LogP contribution is -2.18. The Balaban J connectivity index is 1.81. The van der Waals surface area contributed by atoms with Gasteiger partial charge in [0.15, 0.2) is 0 Å². The molecule has 3 rings (SSSR count).